The van der Waals surface area contributed by atoms with Gasteiger partial charge >= 0.3 is 0 Å². The Hall–Kier alpha value is -3.40. The molecule has 0 atom stereocenters. The van der Waals surface area contributed by atoms with Gasteiger partial charge in [0.1, 0.15) is 11.5 Å². The summed E-state index contributed by atoms with van der Waals surface area (Å²) in [6.45, 7) is 2.68. The number of pyridine rings is 1. The minimum absolute atomic E-state index is 0.109. The predicted octanol–water partition coefficient (Wildman–Crippen LogP) is 4.87. The van der Waals surface area contributed by atoms with Gasteiger partial charge in [-0.2, -0.15) is 0 Å². The number of ether oxygens (including phenoxy) is 1. The number of phenolic OH excluding ortho intramolecular Hbond substituents is 1. The standard InChI is InChI=1S/C24H23NO3/c1-2-18-3-9-21(25-17-18)15-16-28-23-12-4-19(5-13-23)6-14-24(27)20-7-10-22(26)11-8-20/h3-14,17,26H,2,15-16H2,1H3/b14-6+. The number of rotatable bonds is 8. The summed E-state index contributed by atoms with van der Waals surface area (Å²) >= 11 is 0. The summed E-state index contributed by atoms with van der Waals surface area (Å²) in [5.41, 5.74) is 3.70. The van der Waals surface area contributed by atoms with E-state index in [1.807, 2.05) is 36.5 Å². The van der Waals surface area contributed by atoms with E-state index in [1.54, 1.807) is 18.2 Å². The lowest BCUT2D eigenvalue weighted by Gasteiger charge is -2.06. The number of carbonyl (C=O) groups excluding carboxylic acids is 1. The summed E-state index contributed by atoms with van der Waals surface area (Å²) < 4.78 is 5.77. The Kier molecular flexibility index (Phi) is 6.58. The van der Waals surface area contributed by atoms with Gasteiger partial charge in [-0.25, -0.2) is 0 Å². The molecule has 4 heteroatoms. The monoisotopic (exact) mass is 373 g/mol. The number of aromatic nitrogens is 1. The van der Waals surface area contributed by atoms with E-state index >= 15 is 0 Å². The minimum Gasteiger partial charge on any atom is -0.508 e. The maximum absolute atomic E-state index is 12.1. The van der Waals surface area contributed by atoms with Crippen molar-refractivity contribution in [1.82, 2.24) is 4.98 Å². The lowest BCUT2D eigenvalue weighted by molar-refractivity contribution is 0.104. The Balaban J connectivity index is 1.50. The lowest BCUT2D eigenvalue weighted by Crippen LogP contribution is -2.03. The van der Waals surface area contributed by atoms with Gasteiger partial charge in [-0.3, -0.25) is 9.78 Å². The zero-order chi connectivity index (χ0) is 19.8. The van der Waals surface area contributed by atoms with E-state index < -0.39 is 0 Å². The number of nitrogens with zero attached hydrogens (tertiary/aromatic N) is 1. The van der Waals surface area contributed by atoms with Gasteiger partial charge in [-0.05, 0) is 66.1 Å². The van der Waals surface area contributed by atoms with Crippen molar-refractivity contribution in [3.05, 3.63) is 95.3 Å². The molecule has 0 unspecified atom stereocenters. The van der Waals surface area contributed by atoms with Crippen LogP contribution in [0.2, 0.25) is 0 Å². The van der Waals surface area contributed by atoms with Crippen LogP contribution in [0.1, 0.15) is 34.1 Å². The SMILES string of the molecule is CCc1ccc(CCOc2ccc(/C=C/C(=O)c3ccc(O)cc3)cc2)nc1. The van der Waals surface area contributed by atoms with Crippen molar-refractivity contribution < 1.29 is 14.6 Å². The zero-order valence-corrected chi connectivity index (χ0v) is 15.8. The van der Waals surface area contributed by atoms with Crippen molar-refractivity contribution in [2.45, 2.75) is 19.8 Å². The largest absolute Gasteiger partial charge is 0.508 e. The van der Waals surface area contributed by atoms with Crippen LogP contribution in [0, 0.1) is 0 Å². The normalized spacial score (nSPS) is 10.9. The van der Waals surface area contributed by atoms with Crippen molar-refractivity contribution in [2.24, 2.45) is 0 Å². The highest BCUT2D eigenvalue weighted by atomic mass is 16.5. The van der Waals surface area contributed by atoms with Gasteiger partial charge in [0.15, 0.2) is 5.78 Å². The third-order valence-electron chi connectivity index (χ3n) is 4.38. The highest BCUT2D eigenvalue weighted by molar-refractivity contribution is 6.06. The quantitative estimate of drug-likeness (QED) is 0.452. The molecular formula is C24H23NO3. The van der Waals surface area contributed by atoms with E-state index in [1.165, 1.54) is 23.8 Å². The molecule has 0 bridgehead atoms. The molecule has 3 aromatic rings. The molecule has 4 nitrogen and oxygen atoms in total. The number of hydrogen-bond donors (Lipinski definition) is 1. The van der Waals surface area contributed by atoms with Crippen molar-refractivity contribution in [1.29, 1.82) is 0 Å². The third-order valence-corrected chi connectivity index (χ3v) is 4.38. The fourth-order valence-corrected chi connectivity index (χ4v) is 2.65. The fraction of sp³-hybridized carbons (Fsp3) is 0.167. The van der Waals surface area contributed by atoms with Gasteiger partial charge in [0.2, 0.25) is 0 Å². The number of ketones is 1. The van der Waals surface area contributed by atoms with E-state index in [9.17, 15) is 9.90 Å². The highest BCUT2D eigenvalue weighted by Crippen LogP contribution is 2.15. The molecule has 0 amide bonds. The summed E-state index contributed by atoms with van der Waals surface area (Å²) in [5.74, 6) is 0.819. The molecule has 1 aromatic heterocycles. The molecule has 0 saturated carbocycles. The van der Waals surface area contributed by atoms with Crippen molar-refractivity contribution in [3.8, 4) is 11.5 Å². The molecule has 2 aromatic carbocycles. The molecule has 0 spiro atoms. The number of phenols is 1. The first kappa shape index (κ1) is 19.4. The van der Waals surface area contributed by atoms with E-state index in [-0.39, 0.29) is 11.5 Å². The summed E-state index contributed by atoms with van der Waals surface area (Å²) in [5, 5.41) is 9.28. The Morgan fingerprint density at radius 3 is 2.43 bits per heavy atom. The number of aromatic hydroxyl groups is 1. The van der Waals surface area contributed by atoms with Gasteiger partial charge < -0.3 is 9.84 Å². The Labute approximate surface area is 165 Å². The number of carbonyl (C=O) groups is 1. The summed E-state index contributed by atoms with van der Waals surface area (Å²) in [4.78, 5) is 16.5. The second kappa shape index (κ2) is 9.51. The van der Waals surface area contributed by atoms with Crippen LogP contribution in [0.15, 0.2) is 72.9 Å². The van der Waals surface area contributed by atoms with E-state index in [0.29, 0.717) is 12.2 Å². The first-order valence-corrected chi connectivity index (χ1v) is 9.32. The smallest absolute Gasteiger partial charge is 0.185 e. The van der Waals surface area contributed by atoms with Crippen LogP contribution < -0.4 is 4.74 Å². The van der Waals surface area contributed by atoms with Crippen molar-refractivity contribution >= 4 is 11.9 Å². The first-order chi connectivity index (χ1) is 13.6. The number of aryl methyl sites for hydroxylation is 1. The molecule has 142 valence electrons. The Morgan fingerprint density at radius 1 is 1.04 bits per heavy atom. The van der Waals surface area contributed by atoms with Crippen LogP contribution in [0.25, 0.3) is 6.08 Å². The van der Waals surface area contributed by atoms with Crippen molar-refractivity contribution in [3.63, 3.8) is 0 Å². The van der Waals surface area contributed by atoms with Gasteiger partial charge in [0.05, 0.1) is 6.61 Å². The molecule has 0 fully saturated rings. The van der Waals surface area contributed by atoms with E-state index in [0.717, 1.165) is 29.8 Å². The number of allylic oxidation sites excluding steroid dienone is 1. The van der Waals surface area contributed by atoms with Crippen LogP contribution in [0.5, 0.6) is 11.5 Å². The maximum atomic E-state index is 12.1. The molecule has 3 rings (SSSR count). The third kappa shape index (κ3) is 5.55. The van der Waals surface area contributed by atoms with Gasteiger partial charge in [0.25, 0.3) is 0 Å². The predicted molar refractivity (Wildman–Crippen MR) is 111 cm³/mol. The second-order valence-corrected chi connectivity index (χ2v) is 6.42. The number of hydrogen-bond acceptors (Lipinski definition) is 4. The zero-order valence-electron chi connectivity index (χ0n) is 15.8. The van der Waals surface area contributed by atoms with Crippen LogP contribution in [0.3, 0.4) is 0 Å². The lowest BCUT2D eigenvalue weighted by atomic mass is 10.1. The van der Waals surface area contributed by atoms with E-state index in [2.05, 4.69) is 18.0 Å². The molecule has 0 saturated heterocycles. The van der Waals surface area contributed by atoms with Gasteiger partial charge in [-0.1, -0.05) is 31.2 Å². The second-order valence-electron chi connectivity index (χ2n) is 6.42. The Bertz CT molecular complexity index is 927. The molecule has 0 aliphatic heterocycles. The van der Waals surface area contributed by atoms with Crippen LogP contribution >= 0.6 is 0 Å². The minimum atomic E-state index is -0.109. The summed E-state index contributed by atoms with van der Waals surface area (Å²) in [6, 6.07) is 17.9. The molecule has 1 heterocycles. The van der Waals surface area contributed by atoms with Crippen LogP contribution in [-0.4, -0.2) is 22.5 Å². The Morgan fingerprint density at radius 2 is 1.79 bits per heavy atom. The topological polar surface area (TPSA) is 59.4 Å². The number of benzene rings is 2. The van der Waals surface area contributed by atoms with Crippen LogP contribution in [0.4, 0.5) is 0 Å². The summed E-state index contributed by atoms with van der Waals surface area (Å²) in [6.07, 6.45) is 6.94. The fourth-order valence-electron chi connectivity index (χ4n) is 2.65. The molecule has 0 aliphatic carbocycles. The average Bonchev–Trinajstić information content (AvgIpc) is 2.74. The van der Waals surface area contributed by atoms with Gasteiger partial charge in [-0.15, -0.1) is 0 Å². The maximum Gasteiger partial charge on any atom is 0.185 e. The molecule has 28 heavy (non-hydrogen) atoms. The van der Waals surface area contributed by atoms with E-state index in [4.69, 9.17) is 4.74 Å². The highest BCUT2D eigenvalue weighted by Gasteiger charge is 2.02. The average molecular weight is 373 g/mol. The first-order valence-electron chi connectivity index (χ1n) is 9.32. The van der Waals surface area contributed by atoms with Crippen LogP contribution in [-0.2, 0) is 12.8 Å². The molecular weight excluding hydrogens is 350 g/mol. The molecule has 0 radical (unpaired) electrons. The molecule has 0 aliphatic rings. The van der Waals surface area contributed by atoms with Crippen molar-refractivity contribution in [2.75, 3.05) is 6.61 Å². The molecule has 1 N–H and O–H groups in total. The summed E-state index contributed by atoms with van der Waals surface area (Å²) in [7, 11) is 0. The van der Waals surface area contributed by atoms with Gasteiger partial charge in [0, 0.05) is 23.9 Å².